The van der Waals surface area contributed by atoms with E-state index >= 15 is 0 Å². The van der Waals surface area contributed by atoms with Gasteiger partial charge in [0.2, 0.25) is 0 Å². The summed E-state index contributed by atoms with van der Waals surface area (Å²) in [7, 11) is 1.96. The van der Waals surface area contributed by atoms with Crippen LogP contribution in [0.2, 0.25) is 0 Å². The zero-order chi connectivity index (χ0) is 12.3. The largest absolute Gasteiger partial charge is 0.319 e. The van der Waals surface area contributed by atoms with Crippen LogP contribution in [0, 0.1) is 13.8 Å². The van der Waals surface area contributed by atoms with Crippen molar-refractivity contribution >= 4 is 0 Å². The molecular formula is C14H19N3. The molecule has 2 rings (SSSR count). The van der Waals surface area contributed by atoms with Gasteiger partial charge in [0.15, 0.2) is 0 Å². The molecule has 0 saturated carbocycles. The van der Waals surface area contributed by atoms with Gasteiger partial charge in [0.25, 0.3) is 0 Å². The lowest BCUT2D eigenvalue weighted by molar-refractivity contribution is 0.754. The van der Waals surface area contributed by atoms with Gasteiger partial charge in [-0.25, -0.2) is 4.68 Å². The number of hydrogen-bond donors (Lipinski definition) is 1. The van der Waals surface area contributed by atoms with Gasteiger partial charge in [-0.05, 0) is 50.2 Å². The number of hydrogen-bond acceptors (Lipinski definition) is 2. The highest BCUT2D eigenvalue weighted by molar-refractivity contribution is 5.39. The molecule has 17 heavy (non-hydrogen) atoms. The summed E-state index contributed by atoms with van der Waals surface area (Å²) in [5.41, 5.74) is 4.87. The number of rotatable bonds is 4. The number of aromatic nitrogens is 2. The molecule has 2 aromatic rings. The Morgan fingerprint density at radius 2 is 2.00 bits per heavy atom. The van der Waals surface area contributed by atoms with Crippen molar-refractivity contribution in [1.82, 2.24) is 15.1 Å². The molecule has 1 aromatic carbocycles. The van der Waals surface area contributed by atoms with Gasteiger partial charge in [-0.3, -0.25) is 0 Å². The second-order valence-corrected chi connectivity index (χ2v) is 4.37. The molecule has 0 radical (unpaired) electrons. The van der Waals surface area contributed by atoms with E-state index < -0.39 is 0 Å². The van der Waals surface area contributed by atoms with Crippen LogP contribution >= 0.6 is 0 Å². The molecule has 90 valence electrons. The van der Waals surface area contributed by atoms with Gasteiger partial charge in [0.05, 0.1) is 11.4 Å². The van der Waals surface area contributed by atoms with Gasteiger partial charge in [-0.1, -0.05) is 6.07 Å². The zero-order valence-electron chi connectivity index (χ0n) is 10.7. The normalized spacial score (nSPS) is 10.8. The van der Waals surface area contributed by atoms with Gasteiger partial charge < -0.3 is 5.32 Å². The molecule has 3 nitrogen and oxygen atoms in total. The van der Waals surface area contributed by atoms with Crippen LogP contribution in [0.1, 0.15) is 16.8 Å². The Balaban J connectivity index is 2.21. The van der Waals surface area contributed by atoms with Crippen molar-refractivity contribution < 1.29 is 0 Å². The van der Waals surface area contributed by atoms with Crippen molar-refractivity contribution in [3.63, 3.8) is 0 Å². The Bertz CT molecular complexity index is 500. The van der Waals surface area contributed by atoms with Crippen molar-refractivity contribution in [1.29, 1.82) is 0 Å². The summed E-state index contributed by atoms with van der Waals surface area (Å²) in [5.74, 6) is 0. The molecule has 0 aliphatic rings. The molecule has 0 spiro atoms. The smallest absolute Gasteiger partial charge is 0.0648 e. The molecule has 0 aliphatic heterocycles. The molecule has 0 saturated heterocycles. The first-order chi connectivity index (χ1) is 8.20. The molecule has 0 bridgehead atoms. The molecule has 0 unspecified atom stereocenters. The molecule has 1 aromatic heterocycles. The first-order valence-electron chi connectivity index (χ1n) is 5.97. The highest BCUT2D eigenvalue weighted by Crippen LogP contribution is 2.13. The Kier molecular flexibility index (Phi) is 3.59. The van der Waals surface area contributed by atoms with Gasteiger partial charge >= 0.3 is 0 Å². The van der Waals surface area contributed by atoms with E-state index in [0.29, 0.717) is 0 Å². The third-order valence-corrected chi connectivity index (χ3v) is 3.03. The Morgan fingerprint density at radius 3 is 2.71 bits per heavy atom. The number of benzene rings is 1. The predicted molar refractivity (Wildman–Crippen MR) is 70.7 cm³/mol. The van der Waals surface area contributed by atoms with Gasteiger partial charge in [0, 0.05) is 19.2 Å². The maximum atomic E-state index is 4.57. The van der Waals surface area contributed by atoms with Crippen LogP contribution in [-0.2, 0) is 6.42 Å². The van der Waals surface area contributed by atoms with Crippen LogP contribution in [0.3, 0.4) is 0 Å². The van der Waals surface area contributed by atoms with E-state index in [1.54, 1.807) is 0 Å². The third-order valence-electron chi connectivity index (χ3n) is 3.03. The molecule has 0 atom stereocenters. The van der Waals surface area contributed by atoms with Crippen molar-refractivity contribution in [2.75, 3.05) is 13.6 Å². The lowest BCUT2D eigenvalue weighted by Gasteiger charge is -2.05. The summed E-state index contributed by atoms with van der Waals surface area (Å²) < 4.78 is 1.94. The minimum atomic E-state index is 0.962. The summed E-state index contributed by atoms with van der Waals surface area (Å²) >= 11 is 0. The van der Waals surface area contributed by atoms with E-state index in [1.807, 2.05) is 17.9 Å². The lowest BCUT2D eigenvalue weighted by Crippen LogP contribution is -2.10. The molecule has 1 N–H and O–H groups in total. The average Bonchev–Trinajstić information content (AvgIpc) is 2.79. The van der Waals surface area contributed by atoms with Gasteiger partial charge in [-0.15, -0.1) is 0 Å². The van der Waals surface area contributed by atoms with E-state index in [1.165, 1.54) is 11.1 Å². The van der Waals surface area contributed by atoms with E-state index in [2.05, 4.69) is 48.5 Å². The maximum Gasteiger partial charge on any atom is 0.0648 e. The fourth-order valence-corrected chi connectivity index (χ4v) is 1.76. The number of likely N-dealkylation sites (N-methyl/N-ethyl adjacent to an activating group) is 1. The Hall–Kier alpha value is -1.61. The van der Waals surface area contributed by atoms with E-state index in [-0.39, 0.29) is 0 Å². The molecule has 0 aliphatic carbocycles. The van der Waals surface area contributed by atoms with Crippen molar-refractivity contribution in [2.45, 2.75) is 20.3 Å². The molecule has 3 heteroatoms. The quantitative estimate of drug-likeness (QED) is 0.871. The standard InChI is InChI=1S/C14H19N3/c1-11-4-5-14(10-12(11)2)17-9-7-13(16-17)6-8-15-3/h4-5,7,9-10,15H,6,8H2,1-3H3. The first kappa shape index (κ1) is 11.9. The van der Waals surface area contributed by atoms with Crippen LogP contribution in [0.5, 0.6) is 0 Å². The van der Waals surface area contributed by atoms with E-state index in [9.17, 15) is 0 Å². The van der Waals surface area contributed by atoms with Crippen molar-refractivity contribution in [3.05, 3.63) is 47.3 Å². The monoisotopic (exact) mass is 229 g/mol. The minimum absolute atomic E-state index is 0.962. The summed E-state index contributed by atoms with van der Waals surface area (Å²) in [6, 6.07) is 8.49. The molecule has 0 amide bonds. The van der Waals surface area contributed by atoms with E-state index in [4.69, 9.17) is 0 Å². The maximum absolute atomic E-state index is 4.57. The number of nitrogens with one attached hydrogen (secondary N) is 1. The van der Waals surface area contributed by atoms with Crippen LogP contribution in [0.4, 0.5) is 0 Å². The third kappa shape index (κ3) is 2.74. The number of aryl methyl sites for hydroxylation is 2. The lowest BCUT2D eigenvalue weighted by atomic mass is 10.1. The fraction of sp³-hybridized carbons (Fsp3) is 0.357. The Labute approximate surface area is 102 Å². The topological polar surface area (TPSA) is 29.9 Å². The molecule has 0 fully saturated rings. The second-order valence-electron chi connectivity index (χ2n) is 4.37. The predicted octanol–water partition coefficient (Wildman–Crippen LogP) is 2.25. The van der Waals surface area contributed by atoms with Crippen molar-refractivity contribution in [2.24, 2.45) is 0 Å². The highest BCUT2D eigenvalue weighted by Gasteiger charge is 2.02. The summed E-state index contributed by atoms with van der Waals surface area (Å²) in [6.07, 6.45) is 2.99. The summed E-state index contributed by atoms with van der Waals surface area (Å²) in [4.78, 5) is 0. The molecular weight excluding hydrogens is 210 g/mol. The van der Waals surface area contributed by atoms with Gasteiger partial charge in [0.1, 0.15) is 0 Å². The molecule has 1 heterocycles. The van der Waals surface area contributed by atoms with E-state index in [0.717, 1.165) is 24.3 Å². The Morgan fingerprint density at radius 1 is 1.18 bits per heavy atom. The zero-order valence-corrected chi connectivity index (χ0v) is 10.7. The summed E-state index contributed by atoms with van der Waals surface area (Å²) in [6.45, 7) is 5.22. The van der Waals surface area contributed by atoms with Crippen LogP contribution in [0.25, 0.3) is 5.69 Å². The van der Waals surface area contributed by atoms with Crippen LogP contribution in [0.15, 0.2) is 30.5 Å². The van der Waals surface area contributed by atoms with Gasteiger partial charge in [-0.2, -0.15) is 5.10 Å². The van der Waals surface area contributed by atoms with Crippen molar-refractivity contribution in [3.8, 4) is 5.69 Å². The SMILES string of the molecule is CNCCc1ccn(-c2ccc(C)c(C)c2)n1. The number of nitrogens with zero attached hydrogens (tertiary/aromatic N) is 2. The minimum Gasteiger partial charge on any atom is -0.319 e. The first-order valence-corrected chi connectivity index (χ1v) is 5.97. The van der Waals surface area contributed by atoms with Crippen LogP contribution < -0.4 is 5.32 Å². The highest BCUT2D eigenvalue weighted by atomic mass is 15.3. The second kappa shape index (κ2) is 5.15. The van der Waals surface area contributed by atoms with Crippen LogP contribution in [-0.4, -0.2) is 23.4 Å². The fourth-order valence-electron chi connectivity index (χ4n) is 1.76. The average molecular weight is 229 g/mol. The summed E-state index contributed by atoms with van der Waals surface area (Å²) in [5, 5.41) is 7.70.